The second-order valence-electron chi connectivity index (χ2n) is 7.16. The number of allylic oxidation sites excluding steroid dienone is 1. The van der Waals surface area contributed by atoms with Gasteiger partial charge in [0.1, 0.15) is 10.7 Å². The molecule has 0 aromatic carbocycles. The number of rotatable bonds is 9. The van der Waals surface area contributed by atoms with Crippen LogP contribution < -0.4 is 5.56 Å². The van der Waals surface area contributed by atoms with Crippen LogP contribution in [0.3, 0.4) is 0 Å². The first kappa shape index (κ1) is 19.3. The summed E-state index contributed by atoms with van der Waals surface area (Å²) in [7, 11) is 0. The number of aromatic nitrogens is 2. The molecule has 2 aromatic heterocycles. The molecule has 2 N–H and O–H groups in total. The van der Waals surface area contributed by atoms with E-state index >= 15 is 0 Å². The quantitative estimate of drug-likeness (QED) is 0.659. The number of thiophene rings is 1. The van der Waals surface area contributed by atoms with Crippen LogP contribution in [0.5, 0.6) is 0 Å². The lowest BCUT2D eigenvalue weighted by atomic mass is 9.97. The van der Waals surface area contributed by atoms with E-state index in [4.69, 9.17) is 4.98 Å². The second kappa shape index (κ2) is 8.93. The summed E-state index contributed by atoms with van der Waals surface area (Å²) >= 11 is 1.68. The first-order chi connectivity index (χ1) is 12.6. The molecule has 3 rings (SSSR count). The number of hydrogen-bond acceptors (Lipinski definition) is 5. The minimum Gasteiger partial charge on any atom is -0.392 e. The Bertz CT molecular complexity index is 811. The van der Waals surface area contributed by atoms with Crippen LogP contribution in [0.15, 0.2) is 17.4 Å². The summed E-state index contributed by atoms with van der Waals surface area (Å²) in [6, 6.07) is 0. The standard InChI is InChI=1S/C20H29N3O2S/c1-3-5-8-14(24)12-23(11-4-2)13-17-21-19(25)18-15-9-6-7-10-16(15)26-20(18)22-17/h3,14,24H,1,4-13H2,2H3,(H,21,22,25). The molecule has 2 heterocycles. The molecular formula is C20H29N3O2S. The van der Waals surface area contributed by atoms with E-state index in [0.29, 0.717) is 25.3 Å². The lowest BCUT2D eigenvalue weighted by Crippen LogP contribution is -2.33. The van der Waals surface area contributed by atoms with Crippen molar-refractivity contribution in [3.63, 3.8) is 0 Å². The van der Waals surface area contributed by atoms with Crippen molar-refractivity contribution in [2.24, 2.45) is 0 Å². The van der Waals surface area contributed by atoms with E-state index in [1.165, 1.54) is 16.9 Å². The molecular weight excluding hydrogens is 346 g/mol. The molecule has 0 amide bonds. The normalized spacial score (nSPS) is 15.3. The number of fused-ring (bicyclic) bond motifs is 3. The highest BCUT2D eigenvalue weighted by Gasteiger charge is 2.20. The summed E-state index contributed by atoms with van der Waals surface area (Å²) in [5, 5.41) is 11.0. The van der Waals surface area contributed by atoms with E-state index in [2.05, 4.69) is 23.4 Å². The van der Waals surface area contributed by atoms with Gasteiger partial charge in [-0.2, -0.15) is 0 Å². The molecule has 0 fully saturated rings. The molecule has 0 radical (unpaired) electrons. The van der Waals surface area contributed by atoms with Crippen molar-refractivity contribution >= 4 is 21.6 Å². The summed E-state index contributed by atoms with van der Waals surface area (Å²) in [6.07, 6.45) is 8.40. The Kier molecular flexibility index (Phi) is 6.62. The van der Waals surface area contributed by atoms with Crippen LogP contribution in [0.2, 0.25) is 0 Å². The Balaban J connectivity index is 1.80. The van der Waals surface area contributed by atoms with E-state index in [0.717, 1.165) is 48.9 Å². The average molecular weight is 376 g/mol. The van der Waals surface area contributed by atoms with Crippen molar-refractivity contribution in [2.45, 2.75) is 64.5 Å². The molecule has 1 atom stereocenters. The van der Waals surface area contributed by atoms with Crippen molar-refractivity contribution < 1.29 is 5.11 Å². The van der Waals surface area contributed by atoms with Crippen molar-refractivity contribution in [3.8, 4) is 0 Å². The Labute approximate surface area is 158 Å². The van der Waals surface area contributed by atoms with Gasteiger partial charge in [-0.3, -0.25) is 9.69 Å². The van der Waals surface area contributed by atoms with Crippen molar-refractivity contribution in [1.82, 2.24) is 14.9 Å². The molecule has 0 saturated carbocycles. The Morgan fingerprint density at radius 3 is 3.00 bits per heavy atom. The second-order valence-corrected chi connectivity index (χ2v) is 8.24. The number of aliphatic hydroxyl groups is 1. The number of aryl methyl sites for hydroxylation is 2. The highest BCUT2D eigenvalue weighted by atomic mass is 32.1. The predicted octanol–water partition coefficient (Wildman–Crippen LogP) is 3.40. The molecule has 0 aliphatic heterocycles. The number of nitrogens with one attached hydrogen (secondary N) is 1. The van der Waals surface area contributed by atoms with Crippen LogP contribution in [0.1, 0.15) is 55.3 Å². The van der Waals surface area contributed by atoms with E-state index < -0.39 is 0 Å². The highest BCUT2D eigenvalue weighted by Crippen LogP contribution is 2.33. The summed E-state index contributed by atoms with van der Waals surface area (Å²) in [4.78, 5) is 24.8. The Morgan fingerprint density at radius 2 is 2.23 bits per heavy atom. The summed E-state index contributed by atoms with van der Waals surface area (Å²) in [5.74, 6) is 0.700. The maximum absolute atomic E-state index is 12.7. The SMILES string of the molecule is C=CCCC(O)CN(CCC)Cc1nc2sc3c(c2c(=O)[nH]1)CCCC3. The zero-order valence-corrected chi connectivity index (χ0v) is 16.4. The number of H-pyrrole nitrogens is 1. The number of aromatic amines is 1. The Hall–Kier alpha value is -1.50. The van der Waals surface area contributed by atoms with E-state index in [-0.39, 0.29) is 11.7 Å². The minimum absolute atomic E-state index is 0.00643. The van der Waals surface area contributed by atoms with Gasteiger partial charge < -0.3 is 10.1 Å². The van der Waals surface area contributed by atoms with Gasteiger partial charge in [0.05, 0.1) is 18.0 Å². The molecule has 0 saturated heterocycles. The van der Waals surface area contributed by atoms with Crippen molar-refractivity contribution in [3.05, 3.63) is 39.3 Å². The van der Waals surface area contributed by atoms with Crippen molar-refractivity contribution in [2.75, 3.05) is 13.1 Å². The maximum Gasteiger partial charge on any atom is 0.259 e. The molecule has 26 heavy (non-hydrogen) atoms. The van der Waals surface area contributed by atoms with Gasteiger partial charge in [0.15, 0.2) is 0 Å². The third kappa shape index (κ3) is 4.42. The third-order valence-corrected chi connectivity index (χ3v) is 6.15. The first-order valence-electron chi connectivity index (χ1n) is 9.67. The maximum atomic E-state index is 12.7. The zero-order chi connectivity index (χ0) is 18.5. The number of nitrogens with zero attached hydrogens (tertiary/aromatic N) is 2. The predicted molar refractivity (Wildman–Crippen MR) is 108 cm³/mol. The third-order valence-electron chi connectivity index (χ3n) is 4.96. The van der Waals surface area contributed by atoms with Crippen LogP contribution in [-0.4, -0.2) is 39.2 Å². The molecule has 0 spiro atoms. The fourth-order valence-corrected chi connectivity index (χ4v) is 5.03. The van der Waals surface area contributed by atoms with Gasteiger partial charge in [-0.15, -0.1) is 17.9 Å². The van der Waals surface area contributed by atoms with E-state index in [1.807, 2.05) is 6.08 Å². The van der Waals surface area contributed by atoms with Crippen LogP contribution in [0.4, 0.5) is 0 Å². The summed E-state index contributed by atoms with van der Waals surface area (Å²) in [5.41, 5.74) is 1.22. The van der Waals surface area contributed by atoms with Gasteiger partial charge in [0.2, 0.25) is 0 Å². The topological polar surface area (TPSA) is 69.2 Å². The molecule has 1 aliphatic rings. The highest BCUT2D eigenvalue weighted by molar-refractivity contribution is 7.18. The summed E-state index contributed by atoms with van der Waals surface area (Å²) < 4.78 is 0. The van der Waals surface area contributed by atoms with Gasteiger partial charge in [0.25, 0.3) is 5.56 Å². The average Bonchev–Trinajstić information content (AvgIpc) is 2.98. The van der Waals surface area contributed by atoms with Crippen molar-refractivity contribution in [1.29, 1.82) is 0 Å². The zero-order valence-electron chi connectivity index (χ0n) is 15.6. The fraction of sp³-hybridized carbons (Fsp3) is 0.600. The lowest BCUT2D eigenvalue weighted by Gasteiger charge is -2.24. The smallest absolute Gasteiger partial charge is 0.259 e. The van der Waals surface area contributed by atoms with Crippen LogP contribution in [-0.2, 0) is 19.4 Å². The van der Waals surface area contributed by atoms with Gasteiger partial charge in [-0.05, 0) is 57.1 Å². The molecule has 1 unspecified atom stereocenters. The van der Waals surface area contributed by atoms with Crippen LogP contribution >= 0.6 is 11.3 Å². The van der Waals surface area contributed by atoms with Gasteiger partial charge in [0, 0.05) is 11.4 Å². The Morgan fingerprint density at radius 1 is 1.42 bits per heavy atom. The van der Waals surface area contributed by atoms with Crippen LogP contribution in [0, 0.1) is 0 Å². The van der Waals surface area contributed by atoms with Gasteiger partial charge in [-0.1, -0.05) is 13.0 Å². The molecule has 1 aliphatic carbocycles. The molecule has 5 nitrogen and oxygen atoms in total. The molecule has 142 valence electrons. The molecule has 0 bridgehead atoms. The van der Waals surface area contributed by atoms with Gasteiger partial charge >= 0.3 is 0 Å². The lowest BCUT2D eigenvalue weighted by molar-refractivity contribution is 0.101. The number of aliphatic hydroxyl groups excluding tert-OH is 1. The molecule has 6 heteroatoms. The summed E-state index contributed by atoms with van der Waals surface area (Å²) in [6.45, 7) is 7.85. The largest absolute Gasteiger partial charge is 0.392 e. The fourth-order valence-electron chi connectivity index (χ4n) is 3.75. The first-order valence-corrected chi connectivity index (χ1v) is 10.5. The van der Waals surface area contributed by atoms with Crippen LogP contribution in [0.25, 0.3) is 10.2 Å². The number of hydrogen-bond donors (Lipinski definition) is 2. The molecule has 2 aromatic rings. The van der Waals surface area contributed by atoms with Gasteiger partial charge in [-0.25, -0.2) is 4.98 Å². The van der Waals surface area contributed by atoms with E-state index in [1.54, 1.807) is 11.3 Å². The minimum atomic E-state index is -0.385. The van der Waals surface area contributed by atoms with E-state index in [9.17, 15) is 9.90 Å². The monoisotopic (exact) mass is 375 g/mol.